The van der Waals surface area contributed by atoms with Crippen molar-refractivity contribution < 1.29 is 9.84 Å². The Bertz CT molecular complexity index is 88.9. The lowest BCUT2D eigenvalue weighted by molar-refractivity contribution is -0.0391. The van der Waals surface area contributed by atoms with Crippen molar-refractivity contribution in [1.82, 2.24) is 0 Å². The highest BCUT2D eigenvalue weighted by Gasteiger charge is 2.18. The molecule has 1 aliphatic carbocycles. The maximum Gasteiger partial charge on any atom is 0.0895 e. The molecular formula is C7H15NO2. The Morgan fingerprint density at radius 2 is 2.30 bits per heavy atom. The summed E-state index contributed by atoms with van der Waals surface area (Å²) in [5.41, 5.74) is 5.19. The largest absolute Gasteiger partial charge is 0.389 e. The molecule has 1 aliphatic rings. The van der Waals surface area contributed by atoms with Gasteiger partial charge >= 0.3 is 0 Å². The molecule has 0 bridgehead atoms. The van der Waals surface area contributed by atoms with E-state index in [1.54, 1.807) is 0 Å². The molecule has 0 saturated heterocycles. The molecule has 0 unspecified atom stereocenters. The standard InChI is InChI=1S/C7H15NO2/c8-4-6(9)5-10-7-2-1-3-7/h6-7,9H,1-5,8H2/t6-/m0/s1. The summed E-state index contributed by atoms with van der Waals surface area (Å²) >= 11 is 0. The molecule has 60 valence electrons. The third-order valence-electron chi connectivity index (χ3n) is 1.85. The zero-order chi connectivity index (χ0) is 7.40. The molecule has 10 heavy (non-hydrogen) atoms. The van der Waals surface area contributed by atoms with Gasteiger partial charge in [0.05, 0.1) is 18.8 Å². The highest BCUT2D eigenvalue weighted by molar-refractivity contribution is 4.69. The third-order valence-corrected chi connectivity index (χ3v) is 1.85. The van der Waals surface area contributed by atoms with Crippen LogP contribution >= 0.6 is 0 Å². The molecule has 0 spiro atoms. The normalized spacial score (nSPS) is 22.2. The molecule has 3 heteroatoms. The fourth-order valence-electron chi connectivity index (χ4n) is 0.853. The Balaban J connectivity index is 1.93. The monoisotopic (exact) mass is 145 g/mol. The molecular weight excluding hydrogens is 130 g/mol. The summed E-state index contributed by atoms with van der Waals surface area (Å²) in [5, 5.41) is 8.98. The Kier molecular flexibility index (Phi) is 3.12. The zero-order valence-electron chi connectivity index (χ0n) is 6.12. The van der Waals surface area contributed by atoms with Crippen molar-refractivity contribution >= 4 is 0 Å². The molecule has 0 amide bonds. The SMILES string of the molecule is NC[C@H](O)COC1CCC1. The van der Waals surface area contributed by atoms with Crippen LogP contribution in [0.2, 0.25) is 0 Å². The van der Waals surface area contributed by atoms with E-state index >= 15 is 0 Å². The molecule has 1 atom stereocenters. The van der Waals surface area contributed by atoms with Crippen LogP contribution in [0, 0.1) is 0 Å². The van der Waals surface area contributed by atoms with Gasteiger partial charge in [0, 0.05) is 6.54 Å². The maximum absolute atomic E-state index is 8.98. The van der Waals surface area contributed by atoms with Gasteiger partial charge in [0.15, 0.2) is 0 Å². The number of hydrogen-bond donors (Lipinski definition) is 2. The van der Waals surface area contributed by atoms with Gasteiger partial charge in [0.2, 0.25) is 0 Å². The van der Waals surface area contributed by atoms with E-state index < -0.39 is 6.10 Å². The minimum Gasteiger partial charge on any atom is -0.389 e. The van der Waals surface area contributed by atoms with Crippen LogP contribution in [0.1, 0.15) is 19.3 Å². The lowest BCUT2D eigenvalue weighted by Crippen LogP contribution is -2.30. The van der Waals surface area contributed by atoms with E-state index in [4.69, 9.17) is 15.6 Å². The first kappa shape index (κ1) is 7.98. The number of rotatable bonds is 4. The molecule has 0 radical (unpaired) electrons. The molecule has 0 aromatic rings. The Labute approximate surface area is 61.2 Å². The summed E-state index contributed by atoms with van der Waals surface area (Å²) < 4.78 is 5.30. The summed E-state index contributed by atoms with van der Waals surface area (Å²) in [6.45, 7) is 0.702. The zero-order valence-corrected chi connectivity index (χ0v) is 6.12. The lowest BCUT2D eigenvalue weighted by Gasteiger charge is -2.26. The first-order chi connectivity index (χ1) is 4.83. The van der Waals surface area contributed by atoms with E-state index in [0.29, 0.717) is 19.3 Å². The summed E-state index contributed by atoms with van der Waals surface area (Å²) in [4.78, 5) is 0. The summed E-state index contributed by atoms with van der Waals surface area (Å²) in [5.74, 6) is 0. The molecule has 0 aromatic carbocycles. The highest BCUT2D eigenvalue weighted by atomic mass is 16.5. The van der Waals surface area contributed by atoms with Gasteiger partial charge in [-0.25, -0.2) is 0 Å². The predicted octanol–water partition coefficient (Wildman–Crippen LogP) is -0.125. The van der Waals surface area contributed by atoms with Gasteiger partial charge in [-0.1, -0.05) is 0 Å². The van der Waals surface area contributed by atoms with Crippen LogP contribution in [-0.4, -0.2) is 30.5 Å². The lowest BCUT2D eigenvalue weighted by atomic mass is 9.96. The van der Waals surface area contributed by atoms with Gasteiger partial charge in [0.1, 0.15) is 0 Å². The van der Waals surface area contributed by atoms with Gasteiger partial charge < -0.3 is 15.6 Å². The van der Waals surface area contributed by atoms with Crippen LogP contribution in [0.25, 0.3) is 0 Å². The van der Waals surface area contributed by atoms with Gasteiger partial charge in [-0.15, -0.1) is 0 Å². The number of ether oxygens (including phenoxy) is 1. The molecule has 0 aliphatic heterocycles. The topological polar surface area (TPSA) is 55.5 Å². The Hall–Kier alpha value is -0.120. The third kappa shape index (κ3) is 2.25. The maximum atomic E-state index is 8.98. The highest BCUT2D eigenvalue weighted by Crippen LogP contribution is 2.21. The molecule has 0 aromatic heterocycles. The van der Waals surface area contributed by atoms with Crippen LogP contribution in [0.5, 0.6) is 0 Å². The van der Waals surface area contributed by atoms with Crippen molar-refractivity contribution in [3.63, 3.8) is 0 Å². The summed E-state index contributed by atoms with van der Waals surface area (Å²) in [6.07, 6.45) is 3.50. The smallest absolute Gasteiger partial charge is 0.0895 e. The quantitative estimate of drug-likeness (QED) is 0.579. The summed E-state index contributed by atoms with van der Waals surface area (Å²) in [7, 11) is 0. The van der Waals surface area contributed by atoms with E-state index in [2.05, 4.69) is 0 Å². The minimum atomic E-state index is -0.472. The molecule has 0 heterocycles. The van der Waals surface area contributed by atoms with Crippen LogP contribution in [0.3, 0.4) is 0 Å². The molecule has 3 nitrogen and oxygen atoms in total. The van der Waals surface area contributed by atoms with Crippen LogP contribution in [-0.2, 0) is 4.74 Å². The average molecular weight is 145 g/mol. The number of aliphatic hydroxyl groups is 1. The van der Waals surface area contributed by atoms with Crippen molar-refractivity contribution in [2.75, 3.05) is 13.2 Å². The van der Waals surface area contributed by atoms with Crippen LogP contribution in [0.4, 0.5) is 0 Å². The van der Waals surface area contributed by atoms with E-state index in [9.17, 15) is 0 Å². The van der Waals surface area contributed by atoms with Crippen molar-refractivity contribution in [2.24, 2.45) is 5.73 Å². The Morgan fingerprint density at radius 1 is 1.60 bits per heavy atom. The first-order valence-electron chi connectivity index (χ1n) is 3.82. The second-order valence-corrected chi connectivity index (χ2v) is 2.78. The summed E-state index contributed by atoms with van der Waals surface area (Å²) in [6, 6.07) is 0. The van der Waals surface area contributed by atoms with Gasteiger partial charge in [-0.3, -0.25) is 0 Å². The predicted molar refractivity (Wildman–Crippen MR) is 38.7 cm³/mol. The van der Waals surface area contributed by atoms with Crippen molar-refractivity contribution in [2.45, 2.75) is 31.5 Å². The second-order valence-electron chi connectivity index (χ2n) is 2.78. The van der Waals surface area contributed by atoms with Gasteiger partial charge in [0.25, 0.3) is 0 Å². The van der Waals surface area contributed by atoms with Crippen molar-refractivity contribution in [1.29, 1.82) is 0 Å². The van der Waals surface area contributed by atoms with Crippen LogP contribution < -0.4 is 5.73 Å². The molecule has 3 N–H and O–H groups in total. The van der Waals surface area contributed by atoms with E-state index in [-0.39, 0.29) is 0 Å². The molecule has 1 fully saturated rings. The first-order valence-corrected chi connectivity index (χ1v) is 3.82. The fourth-order valence-corrected chi connectivity index (χ4v) is 0.853. The molecule has 1 rings (SSSR count). The Morgan fingerprint density at radius 3 is 2.70 bits per heavy atom. The number of nitrogens with two attached hydrogens (primary N) is 1. The number of hydrogen-bond acceptors (Lipinski definition) is 3. The van der Waals surface area contributed by atoms with Crippen molar-refractivity contribution in [3.8, 4) is 0 Å². The van der Waals surface area contributed by atoms with E-state index in [1.165, 1.54) is 6.42 Å². The fraction of sp³-hybridized carbons (Fsp3) is 1.00. The number of aliphatic hydroxyl groups excluding tert-OH is 1. The minimum absolute atomic E-state index is 0.298. The van der Waals surface area contributed by atoms with E-state index in [1.807, 2.05) is 0 Å². The second kappa shape index (κ2) is 3.91. The van der Waals surface area contributed by atoms with Gasteiger partial charge in [-0.2, -0.15) is 0 Å². The van der Waals surface area contributed by atoms with E-state index in [0.717, 1.165) is 12.8 Å². The molecule has 1 saturated carbocycles. The van der Waals surface area contributed by atoms with Gasteiger partial charge in [-0.05, 0) is 19.3 Å². The van der Waals surface area contributed by atoms with Crippen LogP contribution in [0.15, 0.2) is 0 Å². The van der Waals surface area contributed by atoms with Crippen molar-refractivity contribution in [3.05, 3.63) is 0 Å². The average Bonchev–Trinajstić information content (AvgIpc) is 1.84.